The molecule has 0 aliphatic carbocycles. The van der Waals surface area contributed by atoms with Crippen LogP contribution < -0.4 is 0 Å². The van der Waals surface area contributed by atoms with E-state index in [1.54, 1.807) is 12.1 Å². The van der Waals surface area contributed by atoms with Crippen LogP contribution >= 0.6 is 50.1 Å². The topological polar surface area (TPSA) is 20.3 Å². The highest BCUT2D eigenvalue weighted by molar-refractivity contribution is 14.1. The van der Waals surface area contributed by atoms with Crippen LogP contribution in [0.5, 0.6) is 0 Å². The van der Waals surface area contributed by atoms with Crippen molar-refractivity contribution >= 4 is 56.0 Å². The standard InChI is InChI=1S/C13H16BrClINO/c1-9(2)17(7-3-6-14)13(18)11-8-10(15)4-5-12(11)16/h4-5,8-9H,3,6-7H2,1-2H3. The Morgan fingerprint density at radius 3 is 2.72 bits per heavy atom. The lowest BCUT2D eigenvalue weighted by Crippen LogP contribution is -2.38. The van der Waals surface area contributed by atoms with Gasteiger partial charge in [-0.25, -0.2) is 0 Å². The van der Waals surface area contributed by atoms with Gasteiger partial charge in [-0.15, -0.1) is 0 Å². The Balaban J connectivity index is 2.98. The van der Waals surface area contributed by atoms with Crippen LogP contribution in [0.2, 0.25) is 5.02 Å². The molecule has 0 aliphatic heterocycles. The van der Waals surface area contributed by atoms with Crippen molar-refractivity contribution in [1.29, 1.82) is 0 Å². The smallest absolute Gasteiger partial charge is 0.255 e. The number of carbonyl (C=O) groups is 1. The molecule has 0 heterocycles. The van der Waals surface area contributed by atoms with Crippen LogP contribution in [0.15, 0.2) is 18.2 Å². The molecular weight excluding hydrogens is 428 g/mol. The highest BCUT2D eigenvalue weighted by atomic mass is 127. The summed E-state index contributed by atoms with van der Waals surface area (Å²) < 4.78 is 0.937. The molecule has 1 aromatic carbocycles. The predicted octanol–water partition coefficient (Wildman–Crippen LogP) is 4.58. The van der Waals surface area contributed by atoms with E-state index >= 15 is 0 Å². The lowest BCUT2D eigenvalue weighted by atomic mass is 10.1. The van der Waals surface area contributed by atoms with E-state index in [4.69, 9.17) is 11.6 Å². The Morgan fingerprint density at radius 1 is 1.50 bits per heavy atom. The normalized spacial score (nSPS) is 10.8. The molecule has 18 heavy (non-hydrogen) atoms. The third kappa shape index (κ3) is 4.38. The van der Waals surface area contributed by atoms with Gasteiger partial charge in [0.2, 0.25) is 0 Å². The van der Waals surface area contributed by atoms with Crippen molar-refractivity contribution in [2.24, 2.45) is 0 Å². The average molecular weight is 445 g/mol. The molecule has 0 aliphatic rings. The summed E-state index contributed by atoms with van der Waals surface area (Å²) in [6, 6.07) is 5.61. The number of alkyl halides is 1. The molecule has 0 spiro atoms. The number of nitrogens with zero attached hydrogens (tertiary/aromatic N) is 1. The second-order valence-corrected chi connectivity index (χ2v) is 6.65. The van der Waals surface area contributed by atoms with Gasteiger partial charge in [-0.1, -0.05) is 27.5 Å². The first-order chi connectivity index (χ1) is 8.47. The number of halogens is 3. The molecule has 0 saturated heterocycles. The summed E-state index contributed by atoms with van der Waals surface area (Å²) in [5.41, 5.74) is 0.686. The van der Waals surface area contributed by atoms with Gasteiger partial charge in [0.1, 0.15) is 0 Å². The summed E-state index contributed by atoms with van der Waals surface area (Å²) in [5.74, 6) is 0.0536. The fraction of sp³-hybridized carbons (Fsp3) is 0.462. The Hall–Kier alpha value is 0.190. The summed E-state index contributed by atoms with van der Waals surface area (Å²) in [6.45, 7) is 4.82. The Labute approximate surface area is 135 Å². The predicted molar refractivity (Wildman–Crippen MR) is 88.8 cm³/mol. The lowest BCUT2D eigenvalue weighted by molar-refractivity contribution is 0.0705. The van der Waals surface area contributed by atoms with Crippen molar-refractivity contribution in [3.63, 3.8) is 0 Å². The second-order valence-electron chi connectivity index (χ2n) is 4.26. The zero-order chi connectivity index (χ0) is 13.7. The van der Waals surface area contributed by atoms with E-state index < -0.39 is 0 Å². The first kappa shape index (κ1) is 16.2. The molecular formula is C13H16BrClINO. The monoisotopic (exact) mass is 443 g/mol. The maximum absolute atomic E-state index is 12.5. The van der Waals surface area contributed by atoms with Crippen molar-refractivity contribution in [3.05, 3.63) is 32.4 Å². The van der Waals surface area contributed by atoms with Gasteiger partial charge in [0.05, 0.1) is 5.56 Å². The highest BCUT2D eigenvalue weighted by Gasteiger charge is 2.20. The molecule has 0 saturated carbocycles. The molecule has 1 amide bonds. The van der Waals surface area contributed by atoms with Crippen LogP contribution in [0, 0.1) is 3.57 Å². The van der Waals surface area contributed by atoms with Gasteiger partial charge < -0.3 is 4.90 Å². The molecule has 1 rings (SSSR count). The van der Waals surface area contributed by atoms with E-state index in [0.29, 0.717) is 10.6 Å². The quantitative estimate of drug-likeness (QED) is 0.481. The molecule has 0 fully saturated rings. The molecule has 0 bridgehead atoms. The summed E-state index contributed by atoms with van der Waals surface area (Å²) in [7, 11) is 0. The van der Waals surface area contributed by atoms with Crippen LogP contribution in [-0.2, 0) is 0 Å². The average Bonchev–Trinajstić information content (AvgIpc) is 2.32. The molecule has 0 N–H and O–H groups in total. The van der Waals surface area contributed by atoms with E-state index in [2.05, 4.69) is 38.5 Å². The fourth-order valence-corrected chi connectivity index (χ4v) is 2.63. The van der Waals surface area contributed by atoms with Crippen LogP contribution in [0.3, 0.4) is 0 Å². The largest absolute Gasteiger partial charge is 0.336 e. The summed E-state index contributed by atoms with van der Waals surface area (Å²) in [5, 5.41) is 1.50. The zero-order valence-electron chi connectivity index (χ0n) is 10.4. The lowest BCUT2D eigenvalue weighted by Gasteiger charge is -2.27. The van der Waals surface area contributed by atoms with E-state index in [9.17, 15) is 4.79 Å². The molecule has 1 aromatic rings. The highest BCUT2D eigenvalue weighted by Crippen LogP contribution is 2.20. The first-order valence-corrected chi connectivity index (χ1v) is 8.37. The van der Waals surface area contributed by atoms with E-state index in [-0.39, 0.29) is 11.9 Å². The minimum atomic E-state index is 0.0536. The fourth-order valence-electron chi connectivity index (χ4n) is 1.64. The van der Waals surface area contributed by atoms with Gasteiger partial charge in [-0.3, -0.25) is 4.79 Å². The molecule has 0 radical (unpaired) electrons. The van der Waals surface area contributed by atoms with Crippen LogP contribution in [0.4, 0.5) is 0 Å². The summed E-state index contributed by atoms with van der Waals surface area (Å²) >= 11 is 11.5. The number of benzene rings is 1. The van der Waals surface area contributed by atoms with Crippen molar-refractivity contribution in [2.45, 2.75) is 26.3 Å². The summed E-state index contributed by atoms with van der Waals surface area (Å²) in [4.78, 5) is 14.4. The Bertz CT molecular complexity index is 425. The van der Waals surface area contributed by atoms with E-state index in [0.717, 1.165) is 21.9 Å². The second kappa shape index (κ2) is 7.70. The van der Waals surface area contributed by atoms with Crippen LogP contribution in [-0.4, -0.2) is 28.7 Å². The van der Waals surface area contributed by atoms with Crippen molar-refractivity contribution < 1.29 is 4.79 Å². The van der Waals surface area contributed by atoms with Gasteiger partial charge in [-0.2, -0.15) is 0 Å². The number of carbonyl (C=O) groups excluding carboxylic acids is 1. The Morgan fingerprint density at radius 2 is 2.17 bits per heavy atom. The van der Waals surface area contributed by atoms with Crippen molar-refractivity contribution in [1.82, 2.24) is 4.90 Å². The summed E-state index contributed by atoms with van der Waals surface area (Å²) in [6.07, 6.45) is 0.946. The number of hydrogen-bond acceptors (Lipinski definition) is 1. The van der Waals surface area contributed by atoms with Gasteiger partial charge in [-0.05, 0) is 61.1 Å². The molecule has 0 atom stereocenters. The van der Waals surface area contributed by atoms with Gasteiger partial charge in [0.25, 0.3) is 5.91 Å². The molecule has 0 aromatic heterocycles. The maximum Gasteiger partial charge on any atom is 0.255 e. The van der Waals surface area contributed by atoms with Gasteiger partial charge in [0.15, 0.2) is 0 Å². The van der Waals surface area contributed by atoms with Crippen LogP contribution in [0.25, 0.3) is 0 Å². The van der Waals surface area contributed by atoms with E-state index in [1.807, 2.05) is 24.8 Å². The zero-order valence-corrected chi connectivity index (χ0v) is 14.9. The molecule has 5 heteroatoms. The van der Waals surface area contributed by atoms with Crippen molar-refractivity contribution in [3.8, 4) is 0 Å². The van der Waals surface area contributed by atoms with Gasteiger partial charge in [0, 0.05) is 26.5 Å². The SMILES string of the molecule is CC(C)N(CCCBr)C(=O)c1cc(Cl)ccc1I. The molecule has 2 nitrogen and oxygen atoms in total. The first-order valence-electron chi connectivity index (χ1n) is 5.79. The molecule has 0 unspecified atom stereocenters. The maximum atomic E-state index is 12.5. The van der Waals surface area contributed by atoms with Crippen LogP contribution in [0.1, 0.15) is 30.6 Å². The Kier molecular flexibility index (Phi) is 6.95. The third-order valence-electron chi connectivity index (χ3n) is 2.58. The number of hydrogen-bond donors (Lipinski definition) is 0. The van der Waals surface area contributed by atoms with Crippen molar-refractivity contribution in [2.75, 3.05) is 11.9 Å². The van der Waals surface area contributed by atoms with E-state index in [1.165, 1.54) is 0 Å². The minimum absolute atomic E-state index is 0.0536. The third-order valence-corrected chi connectivity index (χ3v) is 4.31. The number of rotatable bonds is 5. The minimum Gasteiger partial charge on any atom is -0.336 e. The molecule has 100 valence electrons. The van der Waals surface area contributed by atoms with Gasteiger partial charge >= 0.3 is 0 Å². The number of amides is 1.